The van der Waals surface area contributed by atoms with Crippen LogP contribution in [0.3, 0.4) is 0 Å². The van der Waals surface area contributed by atoms with Crippen molar-refractivity contribution in [2.24, 2.45) is 28.1 Å². The second-order valence-corrected chi connectivity index (χ2v) is 14.0. The molecule has 47 heavy (non-hydrogen) atoms. The van der Waals surface area contributed by atoms with Crippen LogP contribution in [0.4, 0.5) is 5.69 Å². The minimum Gasteiger partial charge on any atom is -0.318 e. The molecule has 0 saturated heterocycles. The van der Waals surface area contributed by atoms with Crippen LogP contribution in [0, 0.1) is 34.8 Å². The molecule has 1 aromatic heterocycles. The highest BCUT2D eigenvalue weighted by Crippen LogP contribution is 2.42. The number of thiophene rings is 1. The summed E-state index contributed by atoms with van der Waals surface area (Å²) in [4.78, 5) is 74.7. The summed E-state index contributed by atoms with van der Waals surface area (Å²) in [6.45, 7) is 3.28. The molecule has 2 aromatic carbocycles. The molecule has 1 heterocycles. The molecule has 12 heteroatoms. The van der Waals surface area contributed by atoms with Crippen LogP contribution in [0.25, 0.3) is 20.2 Å². The van der Waals surface area contributed by atoms with Crippen LogP contribution < -0.4 is 0 Å². The monoisotopic (exact) mass is 659 g/mol. The van der Waals surface area contributed by atoms with Crippen LogP contribution in [0.15, 0.2) is 34.6 Å². The fourth-order valence-electron chi connectivity index (χ4n) is 7.11. The first kappa shape index (κ1) is 32.6. The Hall–Kier alpha value is -4.32. The maximum Gasteiger partial charge on any atom is 0.338 e. The van der Waals surface area contributed by atoms with Crippen molar-refractivity contribution >= 4 is 72.1 Å². The number of ketones is 2. The van der Waals surface area contributed by atoms with Crippen molar-refractivity contribution < 1.29 is 33.8 Å². The van der Waals surface area contributed by atoms with Crippen molar-refractivity contribution in [2.75, 3.05) is 0 Å². The number of Topliss-reactive ketones (excluding diaryl/α,β-unsaturated/α-hetero) is 2. The van der Waals surface area contributed by atoms with Crippen LogP contribution in [0.5, 0.6) is 0 Å². The van der Waals surface area contributed by atoms with Gasteiger partial charge in [-0.2, -0.15) is 0 Å². The van der Waals surface area contributed by atoms with Crippen LogP contribution in [-0.4, -0.2) is 39.9 Å². The van der Waals surface area contributed by atoms with E-state index in [9.17, 15) is 29.3 Å². The van der Waals surface area contributed by atoms with E-state index in [1.807, 2.05) is 6.92 Å². The topological polar surface area (TPSA) is 155 Å². The molecular formula is C35H37N3O8S. The summed E-state index contributed by atoms with van der Waals surface area (Å²) in [6.07, 6.45) is 10.0. The number of aryl methyl sites for hydroxylation is 1. The second kappa shape index (κ2) is 13.8. The van der Waals surface area contributed by atoms with Gasteiger partial charge < -0.3 is 9.68 Å². The van der Waals surface area contributed by atoms with Gasteiger partial charge in [-0.05, 0) is 76.1 Å². The molecule has 0 aliphatic heterocycles. The second-order valence-electron chi connectivity index (χ2n) is 13.0. The molecule has 246 valence electrons. The van der Waals surface area contributed by atoms with Crippen LogP contribution in [-0.2, 0) is 19.3 Å². The summed E-state index contributed by atoms with van der Waals surface area (Å²) in [5.74, 6) is -2.51. The maximum absolute atomic E-state index is 14.0. The normalized spacial score (nSPS) is 18.3. The van der Waals surface area contributed by atoms with Gasteiger partial charge in [0.25, 0.3) is 5.69 Å². The highest BCUT2D eigenvalue weighted by atomic mass is 32.1. The Morgan fingerprint density at radius 1 is 0.723 bits per heavy atom. The molecule has 0 bridgehead atoms. The molecule has 3 aliphatic carbocycles. The van der Waals surface area contributed by atoms with E-state index < -0.39 is 28.4 Å². The molecule has 3 fully saturated rings. The molecule has 0 amide bonds. The predicted molar refractivity (Wildman–Crippen MR) is 178 cm³/mol. The first-order valence-electron chi connectivity index (χ1n) is 16.4. The molecule has 3 aliphatic rings. The fraction of sp³-hybridized carbons (Fsp3) is 0.486. The Kier molecular flexibility index (Phi) is 9.58. The Labute approximate surface area is 275 Å². The van der Waals surface area contributed by atoms with E-state index in [0.29, 0.717) is 28.3 Å². The quantitative estimate of drug-likeness (QED) is 0.0697. The summed E-state index contributed by atoms with van der Waals surface area (Å²) < 4.78 is 1.11. The highest BCUT2D eigenvalue weighted by Gasteiger charge is 2.32. The minimum atomic E-state index is -0.517. The van der Waals surface area contributed by atoms with E-state index in [0.717, 1.165) is 74.5 Å². The van der Waals surface area contributed by atoms with Crippen molar-refractivity contribution in [2.45, 2.75) is 90.9 Å². The Balaban J connectivity index is 1.37. The third-order valence-electron chi connectivity index (χ3n) is 9.75. The number of carbonyl (C=O) groups is 4. The molecule has 3 aromatic rings. The van der Waals surface area contributed by atoms with Crippen molar-refractivity contribution in [1.29, 1.82) is 0 Å². The smallest absolute Gasteiger partial charge is 0.318 e. The first-order chi connectivity index (χ1) is 22.6. The Morgan fingerprint density at radius 2 is 1.21 bits per heavy atom. The van der Waals surface area contributed by atoms with E-state index in [4.69, 9.17) is 9.68 Å². The van der Waals surface area contributed by atoms with Gasteiger partial charge in [0.1, 0.15) is 16.1 Å². The van der Waals surface area contributed by atoms with Gasteiger partial charge in [-0.1, -0.05) is 48.8 Å². The van der Waals surface area contributed by atoms with Crippen molar-refractivity contribution in [3.8, 4) is 0 Å². The van der Waals surface area contributed by atoms with E-state index in [2.05, 4.69) is 10.3 Å². The number of non-ortho nitro benzene ring substituents is 1. The first-order valence-corrected chi connectivity index (χ1v) is 17.2. The van der Waals surface area contributed by atoms with Gasteiger partial charge in [-0.3, -0.25) is 19.7 Å². The van der Waals surface area contributed by atoms with Crippen LogP contribution in [0.2, 0.25) is 0 Å². The SMILES string of the molecule is C/C(=N\OC(=O)C1CCCC1)C(=O)c1cc(C)c2sc3c([N+](=O)[O-])cc(C(=O)/C(=N/OC(=O)C4CCCC4)C4CCCC4)cc3c2c1. The third kappa shape index (κ3) is 6.74. The third-order valence-corrected chi connectivity index (χ3v) is 11.1. The van der Waals surface area contributed by atoms with Gasteiger partial charge >= 0.3 is 11.9 Å². The van der Waals surface area contributed by atoms with Crippen LogP contribution >= 0.6 is 11.3 Å². The zero-order valence-electron chi connectivity index (χ0n) is 26.5. The molecule has 0 N–H and O–H groups in total. The number of oxime groups is 2. The summed E-state index contributed by atoms with van der Waals surface area (Å²) in [5, 5.41) is 21.3. The van der Waals surface area contributed by atoms with Gasteiger partial charge in [0.15, 0.2) is 0 Å². The molecule has 3 saturated carbocycles. The number of hydrogen-bond acceptors (Lipinski definition) is 11. The zero-order valence-corrected chi connectivity index (χ0v) is 27.4. The Bertz CT molecular complexity index is 1840. The molecule has 0 radical (unpaired) electrons. The van der Waals surface area contributed by atoms with Gasteiger partial charge in [-0.15, -0.1) is 11.3 Å². The van der Waals surface area contributed by atoms with E-state index >= 15 is 0 Å². The molecule has 11 nitrogen and oxygen atoms in total. The van der Waals surface area contributed by atoms with E-state index in [1.54, 1.807) is 18.2 Å². The largest absolute Gasteiger partial charge is 0.338 e. The Morgan fingerprint density at radius 3 is 1.77 bits per heavy atom. The summed E-state index contributed by atoms with van der Waals surface area (Å²) in [6, 6.07) is 6.18. The molecule has 6 rings (SSSR count). The average Bonchev–Trinajstić information content (AvgIpc) is 3.90. The summed E-state index contributed by atoms with van der Waals surface area (Å²) >= 11 is 1.22. The van der Waals surface area contributed by atoms with Crippen molar-refractivity contribution in [3.05, 3.63) is 51.1 Å². The maximum atomic E-state index is 14.0. The number of rotatable bonds is 10. The number of benzene rings is 2. The van der Waals surface area contributed by atoms with E-state index in [-0.39, 0.29) is 46.0 Å². The lowest BCUT2D eigenvalue weighted by atomic mass is 9.93. The molecule has 0 unspecified atom stereocenters. The number of hydrogen-bond donors (Lipinski definition) is 0. The number of carbonyl (C=O) groups excluding carboxylic acids is 4. The van der Waals surface area contributed by atoms with Gasteiger partial charge in [-0.25, -0.2) is 9.59 Å². The molecule has 0 atom stereocenters. The van der Waals surface area contributed by atoms with Gasteiger partial charge in [0.05, 0.1) is 16.8 Å². The number of nitro groups is 1. The minimum absolute atomic E-state index is 0.000970. The van der Waals surface area contributed by atoms with Crippen LogP contribution in [0.1, 0.15) is 110 Å². The van der Waals surface area contributed by atoms with Crippen molar-refractivity contribution in [1.82, 2.24) is 0 Å². The zero-order chi connectivity index (χ0) is 33.2. The summed E-state index contributed by atoms with van der Waals surface area (Å²) in [7, 11) is 0. The van der Waals surface area contributed by atoms with E-state index in [1.165, 1.54) is 24.3 Å². The molecule has 0 spiro atoms. The average molecular weight is 660 g/mol. The number of nitro benzene ring substituents is 1. The fourth-order valence-corrected chi connectivity index (χ4v) is 8.33. The highest BCUT2D eigenvalue weighted by molar-refractivity contribution is 7.26. The lowest BCUT2D eigenvalue weighted by Crippen LogP contribution is -2.24. The lowest BCUT2D eigenvalue weighted by Gasteiger charge is -2.13. The number of fused-ring (bicyclic) bond motifs is 3. The summed E-state index contributed by atoms with van der Waals surface area (Å²) in [5.41, 5.74) is 0.937. The van der Waals surface area contributed by atoms with Gasteiger partial charge in [0.2, 0.25) is 11.6 Å². The molecular weight excluding hydrogens is 622 g/mol. The predicted octanol–water partition coefficient (Wildman–Crippen LogP) is 8.03. The number of nitrogens with zero attached hydrogens (tertiary/aromatic N) is 3. The standard InChI is InChI=1S/C35H37N3O8S/c1-19-15-24(30(39)20(2)36-45-34(41)22-11-5-6-12-22)16-26-27-17-25(18-28(38(43)44)33(27)47-32(19)26)31(40)29(21-9-3-4-10-21)37-46-35(42)23-13-7-8-14-23/h15-18,21-23H,3-14H2,1-2H3/b36-20+,37-29+. The van der Waals surface area contributed by atoms with Gasteiger partial charge in [0, 0.05) is 38.6 Å². The van der Waals surface area contributed by atoms with Crippen molar-refractivity contribution in [3.63, 3.8) is 0 Å². The lowest BCUT2D eigenvalue weighted by molar-refractivity contribution is -0.382.